The van der Waals surface area contributed by atoms with Gasteiger partial charge in [0.05, 0.1) is 5.56 Å². The van der Waals surface area contributed by atoms with Crippen LogP contribution in [-0.2, 0) is 11.0 Å². The molecule has 0 saturated carbocycles. The minimum Gasteiger partial charge on any atom is -0.339 e. The van der Waals surface area contributed by atoms with Gasteiger partial charge < -0.3 is 4.90 Å². The van der Waals surface area contributed by atoms with Gasteiger partial charge in [0.25, 0.3) is 0 Å². The molecule has 0 aliphatic carbocycles. The Labute approximate surface area is 127 Å². The number of carbonyl (C=O) groups is 1. The van der Waals surface area contributed by atoms with Crippen molar-refractivity contribution in [3.05, 3.63) is 48.0 Å². The summed E-state index contributed by atoms with van der Waals surface area (Å²) < 4.78 is 37.4. The van der Waals surface area contributed by atoms with E-state index in [4.69, 9.17) is 0 Å². The van der Waals surface area contributed by atoms with Crippen molar-refractivity contribution in [2.24, 2.45) is 5.92 Å². The van der Waals surface area contributed by atoms with Crippen molar-refractivity contribution >= 4 is 5.91 Å². The summed E-state index contributed by atoms with van der Waals surface area (Å²) in [5, 5.41) is 0. The van der Waals surface area contributed by atoms with Gasteiger partial charge in [-0.25, -0.2) is 0 Å². The summed E-state index contributed by atoms with van der Waals surface area (Å²) in [5.41, 5.74) is -0.105. The van der Waals surface area contributed by atoms with Crippen molar-refractivity contribution in [2.45, 2.75) is 19.0 Å². The maximum Gasteiger partial charge on any atom is 0.416 e. The molecule has 0 bridgehead atoms. The van der Waals surface area contributed by atoms with Gasteiger partial charge in [-0.2, -0.15) is 13.2 Å². The molecule has 0 N–H and O–H groups in total. The van der Waals surface area contributed by atoms with E-state index in [0.717, 1.165) is 25.0 Å². The van der Waals surface area contributed by atoms with Crippen molar-refractivity contribution in [1.29, 1.82) is 0 Å². The van der Waals surface area contributed by atoms with Crippen LogP contribution in [0.2, 0.25) is 0 Å². The molecule has 1 aromatic rings. The first-order valence-electron chi connectivity index (χ1n) is 7.00. The van der Waals surface area contributed by atoms with Crippen LogP contribution in [0.3, 0.4) is 0 Å². The number of piperidine rings is 1. The van der Waals surface area contributed by atoms with E-state index in [9.17, 15) is 18.0 Å². The largest absolute Gasteiger partial charge is 0.416 e. The van der Waals surface area contributed by atoms with Crippen molar-refractivity contribution in [3.8, 4) is 11.8 Å². The Morgan fingerprint density at radius 3 is 2.32 bits per heavy atom. The Morgan fingerprint density at radius 2 is 1.82 bits per heavy atom. The summed E-state index contributed by atoms with van der Waals surface area (Å²) in [6, 6.07) is 4.84. The van der Waals surface area contributed by atoms with Gasteiger partial charge >= 0.3 is 6.18 Å². The smallest absolute Gasteiger partial charge is 0.339 e. The van der Waals surface area contributed by atoms with Gasteiger partial charge in [0, 0.05) is 24.6 Å². The summed E-state index contributed by atoms with van der Waals surface area (Å²) >= 11 is 0. The Balaban J connectivity index is 1.94. The fourth-order valence-electron chi connectivity index (χ4n) is 2.30. The van der Waals surface area contributed by atoms with Gasteiger partial charge in [0.2, 0.25) is 5.91 Å². The zero-order valence-electron chi connectivity index (χ0n) is 12.0. The van der Waals surface area contributed by atoms with Crippen molar-refractivity contribution in [2.75, 3.05) is 13.1 Å². The van der Waals surface area contributed by atoms with Crippen LogP contribution < -0.4 is 0 Å². The number of hydrogen-bond donors (Lipinski definition) is 0. The Hall–Kier alpha value is -2.22. The van der Waals surface area contributed by atoms with Crippen molar-refractivity contribution in [3.63, 3.8) is 0 Å². The molecule has 1 fully saturated rings. The second kappa shape index (κ2) is 6.69. The molecule has 0 atom stereocenters. The molecular weight excluding hydrogens is 291 g/mol. The number of rotatable bonds is 1. The summed E-state index contributed by atoms with van der Waals surface area (Å²) in [7, 11) is 0. The number of hydrogen-bond acceptors (Lipinski definition) is 1. The molecule has 2 rings (SSSR count). The first-order chi connectivity index (χ1) is 10.4. The molecule has 1 amide bonds. The normalized spacial score (nSPS) is 15.9. The second-order valence-corrected chi connectivity index (χ2v) is 5.15. The highest BCUT2D eigenvalue weighted by Gasteiger charge is 2.29. The number of benzene rings is 1. The fraction of sp³-hybridized carbons (Fsp3) is 0.353. The average molecular weight is 307 g/mol. The third kappa shape index (κ3) is 4.14. The van der Waals surface area contributed by atoms with E-state index in [1.54, 1.807) is 4.90 Å². The minimum absolute atomic E-state index is 0.0749. The monoisotopic (exact) mass is 307 g/mol. The lowest BCUT2D eigenvalue weighted by Crippen LogP contribution is -2.37. The highest BCUT2D eigenvalue weighted by molar-refractivity contribution is 5.87. The molecule has 5 heteroatoms. The summed E-state index contributed by atoms with van der Waals surface area (Å²) in [6.45, 7) is 4.73. The van der Waals surface area contributed by atoms with Gasteiger partial charge in [-0.1, -0.05) is 18.4 Å². The molecule has 0 unspecified atom stereocenters. The van der Waals surface area contributed by atoms with Gasteiger partial charge in [-0.05, 0) is 43.2 Å². The van der Waals surface area contributed by atoms with E-state index in [1.165, 1.54) is 18.2 Å². The van der Waals surface area contributed by atoms with E-state index < -0.39 is 11.7 Å². The van der Waals surface area contributed by atoms with Crippen molar-refractivity contribution < 1.29 is 18.0 Å². The summed E-state index contributed by atoms with van der Waals surface area (Å²) in [5.74, 6) is 6.08. The molecule has 2 nitrogen and oxygen atoms in total. The molecule has 1 aromatic carbocycles. The molecule has 1 heterocycles. The predicted molar refractivity (Wildman–Crippen MR) is 77.8 cm³/mol. The Bertz CT molecular complexity index is 600. The molecule has 0 spiro atoms. The molecule has 0 radical (unpaired) electrons. The van der Waals surface area contributed by atoms with Gasteiger partial charge in [-0.3, -0.25) is 4.79 Å². The van der Waals surface area contributed by atoms with Crippen LogP contribution in [0.5, 0.6) is 0 Å². The molecule has 1 aliphatic heterocycles. The van der Waals surface area contributed by atoms with Crippen LogP contribution in [0.4, 0.5) is 13.2 Å². The number of likely N-dealkylation sites (tertiary alicyclic amines) is 1. The molecule has 116 valence electrons. The highest BCUT2D eigenvalue weighted by atomic mass is 19.4. The van der Waals surface area contributed by atoms with Crippen LogP contribution in [0.1, 0.15) is 24.0 Å². The van der Waals surface area contributed by atoms with Crippen LogP contribution in [-0.4, -0.2) is 23.9 Å². The number of amides is 1. The lowest BCUT2D eigenvalue weighted by molar-refractivity contribution is -0.137. The van der Waals surface area contributed by atoms with Crippen LogP contribution in [0.25, 0.3) is 0 Å². The third-order valence-corrected chi connectivity index (χ3v) is 3.61. The average Bonchev–Trinajstić information content (AvgIpc) is 2.52. The topological polar surface area (TPSA) is 20.3 Å². The zero-order valence-corrected chi connectivity index (χ0v) is 12.0. The first-order valence-corrected chi connectivity index (χ1v) is 7.00. The fourth-order valence-corrected chi connectivity index (χ4v) is 2.30. The molecular formula is C17H16F3NO. The van der Waals surface area contributed by atoms with E-state index >= 15 is 0 Å². The summed E-state index contributed by atoms with van der Waals surface area (Å²) in [4.78, 5) is 13.2. The summed E-state index contributed by atoms with van der Waals surface area (Å²) in [6.07, 6.45) is -1.48. The highest BCUT2D eigenvalue weighted by Crippen LogP contribution is 2.29. The SMILES string of the molecule is C=CC(=O)N1CCC(C#Cc2ccc(C(F)(F)F)cc2)CC1. The Kier molecular flexibility index (Phi) is 4.92. The van der Waals surface area contributed by atoms with E-state index in [-0.39, 0.29) is 11.8 Å². The van der Waals surface area contributed by atoms with Crippen LogP contribution in [0, 0.1) is 17.8 Å². The minimum atomic E-state index is -4.32. The lowest BCUT2D eigenvalue weighted by atomic mass is 9.97. The maximum atomic E-state index is 12.5. The molecule has 0 aromatic heterocycles. The van der Waals surface area contributed by atoms with E-state index in [0.29, 0.717) is 18.7 Å². The molecule has 1 aliphatic rings. The molecule has 22 heavy (non-hydrogen) atoms. The number of nitrogens with zero attached hydrogens (tertiary/aromatic N) is 1. The van der Waals surface area contributed by atoms with Gasteiger partial charge in [-0.15, -0.1) is 0 Å². The lowest BCUT2D eigenvalue weighted by Gasteiger charge is -2.28. The van der Waals surface area contributed by atoms with E-state index in [2.05, 4.69) is 18.4 Å². The van der Waals surface area contributed by atoms with Crippen molar-refractivity contribution in [1.82, 2.24) is 4.90 Å². The maximum absolute atomic E-state index is 12.5. The third-order valence-electron chi connectivity index (χ3n) is 3.61. The molecule has 1 saturated heterocycles. The Morgan fingerprint density at radius 1 is 1.23 bits per heavy atom. The first kappa shape index (κ1) is 16.2. The standard InChI is InChI=1S/C17H16F3NO/c1-2-16(22)21-11-9-14(10-12-21)4-3-13-5-7-15(8-6-13)17(18,19)20/h2,5-8,14H,1,9-12H2. The zero-order chi connectivity index (χ0) is 16.2. The van der Waals surface area contributed by atoms with Gasteiger partial charge in [0.1, 0.15) is 0 Å². The number of halogens is 3. The number of alkyl halides is 3. The van der Waals surface area contributed by atoms with Crippen LogP contribution >= 0.6 is 0 Å². The second-order valence-electron chi connectivity index (χ2n) is 5.15. The van der Waals surface area contributed by atoms with Gasteiger partial charge in [0.15, 0.2) is 0 Å². The van der Waals surface area contributed by atoms with E-state index in [1.807, 2.05) is 0 Å². The number of carbonyl (C=O) groups excluding carboxylic acids is 1. The predicted octanol–water partition coefficient (Wildman–Crippen LogP) is 3.48. The quantitative estimate of drug-likeness (QED) is 0.574. The van der Waals surface area contributed by atoms with Crippen LogP contribution in [0.15, 0.2) is 36.9 Å².